The van der Waals surface area contributed by atoms with Crippen LogP contribution in [0.3, 0.4) is 0 Å². The molecule has 0 aliphatic heterocycles. The second-order valence-electron chi connectivity index (χ2n) is 2.61. The molecule has 1 aromatic rings. The van der Waals surface area contributed by atoms with Crippen LogP contribution in [0.1, 0.15) is 0 Å². The molecular weight excluding hydrogens is 260 g/mol. The van der Waals surface area contributed by atoms with E-state index in [0.717, 1.165) is 6.07 Å². The quantitative estimate of drug-likeness (QED) is 0.551. The largest absolute Gasteiger partial charge is 0.376 e. The first-order valence-corrected chi connectivity index (χ1v) is 5.87. The third kappa shape index (κ3) is 3.31. The van der Waals surface area contributed by atoms with Crippen molar-refractivity contribution in [3.8, 4) is 0 Å². The number of hydrogen-bond donors (Lipinski definition) is 3. The number of anilines is 1. The summed E-state index contributed by atoms with van der Waals surface area (Å²) < 4.78 is 30.4. The number of nitrogens with two attached hydrogens (primary N) is 1. The Morgan fingerprint density at radius 2 is 2.13 bits per heavy atom. The summed E-state index contributed by atoms with van der Waals surface area (Å²) in [6.07, 6.45) is 0. The maximum absolute atomic E-state index is 10.8. The fourth-order valence-corrected chi connectivity index (χ4v) is 1.67. The van der Waals surface area contributed by atoms with Gasteiger partial charge in [-0.05, 0) is 30.4 Å². The van der Waals surface area contributed by atoms with Crippen LogP contribution >= 0.6 is 23.8 Å². The molecule has 0 atom stereocenters. The zero-order valence-electron chi connectivity index (χ0n) is 7.27. The van der Waals surface area contributed by atoms with Crippen molar-refractivity contribution in [1.29, 1.82) is 0 Å². The minimum atomic E-state index is -4.26. The highest BCUT2D eigenvalue weighted by atomic mass is 35.5. The Balaban J connectivity index is 3.23. The van der Waals surface area contributed by atoms with Crippen LogP contribution in [0.15, 0.2) is 23.1 Å². The molecule has 0 bridgehead atoms. The number of rotatable bonds is 2. The average molecular weight is 267 g/mol. The average Bonchev–Trinajstić information content (AvgIpc) is 2.06. The molecule has 0 unspecified atom stereocenters. The Bertz CT molecular complexity index is 501. The van der Waals surface area contributed by atoms with Crippen molar-refractivity contribution in [3.05, 3.63) is 23.2 Å². The van der Waals surface area contributed by atoms with Gasteiger partial charge in [-0.3, -0.25) is 4.55 Å². The predicted octanol–water partition coefficient (Wildman–Crippen LogP) is 1.24. The molecule has 0 spiro atoms. The molecule has 0 radical (unpaired) electrons. The zero-order chi connectivity index (χ0) is 11.6. The SMILES string of the molecule is NC(=S)Nc1cc(S(=O)(=O)O)ccc1Cl. The minimum absolute atomic E-state index is 0.0515. The van der Waals surface area contributed by atoms with Crippen molar-refractivity contribution in [2.24, 2.45) is 5.73 Å². The van der Waals surface area contributed by atoms with Gasteiger partial charge in [0.2, 0.25) is 0 Å². The molecule has 1 rings (SSSR count). The van der Waals surface area contributed by atoms with Crippen molar-refractivity contribution < 1.29 is 13.0 Å². The summed E-state index contributed by atoms with van der Waals surface area (Å²) in [6.45, 7) is 0. The summed E-state index contributed by atoms with van der Waals surface area (Å²) in [4.78, 5) is -0.286. The number of benzene rings is 1. The van der Waals surface area contributed by atoms with E-state index < -0.39 is 10.1 Å². The van der Waals surface area contributed by atoms with Gasteiger partial charge in [-0.2, -0.15) is 8.42 Å². The van der Waals surface area contributed by atoms with Crippen LogP contribution in [0.5, 0.6) is 0 Å². The molecule has 1 aromatic carbocycles. The minimum Gasteiger partial charge on any atom is -0.376 e. The predicted molar refractivity (Wildman–Crippen MR) is 61.7 cm³/mol. The zero-order valence-corrected chi connectivity index (χ0v) is 9.66. The summed E-state index contributed by atoms with van der Waals surface area (Å²) in [5, 5.41) is 2.68. The van der Waals surface area contributed by atoms with E-state index in [0.29, 0.717) is 0 Å². The first-order valence-electron chi connectivity index (χ1n) is 3.64. The molecule has 0 aliphatic rings. The Labute approximate surface area is 97.0 Å². The molecule has 15 heavy (non-hydrogen) atoms. The Morgan fingerprint density at radius 1 is 1.53 bits per heavy atom. The van der Waals surface area contributed by atoms with Crippen LogP contribution in [-0.2, 0) is 10.1 Å². The van der Waals surface area contributed by atoms with Crippen molar-refractivity contribution in [2.45, 2.75) is 4.90 Å². The van der Waals surface area contributed by atoms with Gasteiger partial charge in [0.1, 0.15) is 0 Å². The lowest BCUT2D eigenvalue weighted by Gasteiger charge is -2.07. The number of nitrogens with one attached hydrogen (secondary N) is 1. The molecule has 5 nitrogen and oxygen atoms in total. The first-order chi connectivity index (χ1) is 6.80. The van der Waals surface area contributed by atoms with Gasteiger partial charge in [0.15, 0.2) is 5.11 Å². The lowest BCUT2D eigenvalue weighted by atomic mass is 10.3. The smallest absolute Gasteiger partial charge is 0.294 e. The Hall–Kier alpha value is -0.890. The summed E-state index contributed by atoms with van der Waals surface area (Å²) in [5.41, 5.74) is 5.42. The van der Waals surface area contributed by atoms with Crippen molar-refractivity contribution in [2.75, 3.05) is 5.32 Å². The van der Waals surface area contributed by atoms with E-state index in [4.69, 9.17) is 21.9 Å². The van der Waals surface area contributed by atoms with Crippen LogP contribution in [0.25, 0.3) is 0 Å². The first kappa shape index (κ1) is 12.2. The molecule has 4 N–H and O–H groups in total. The molecule has 82 valence electrons. The van der Waals surface area contributed by atoms with Gasteiger partial charge < -0.3 is 11.1 Å². The maximum atomic E-state index is 10.8. The summed E-state index contributed by atoms with van der Waals surface area (Å²) in [7, 11) is -4.26. The van der Waals surface area contributed by atoms with Crippen LogP contribution in [0.2, 0.25) is 5.02 Å². The molecule has 0 fully saturated rings. The van der Waals surface area contributed by atoms with Gasteiger partial charge in [0.25, 0.3) is 10.1 Å². The van der Waals surface area contributed by atoms with E-state index in [1.165, 1.54) is 12.1 Å². The number of halogens is 1. The van der Waals surface area contributed by atoms with Crippen LogP contribution in [0, 0.1) is 0 Å². The monoisotopic (exact) mass is 266 g/mol. The highest BCUT2D eigenvalue weighted by molar-refractivity contribution is 7.85. The molecule has 0 heterocycles. The molecule has 0 aliphatic carbocycles. The molecule has 0 saturated heterocycles. The third-order valence-corrected chi connectivity index (χ3v) is 2.77. The van der Waals surface area contributed by atoms with Crippen molar-refractivity contribution in [1.82, 2.24) is 0 Å². The van der Waals surface area contributed by atoms with Gasteiger partial charge in [-0.25, -0.2) is 0 Å². The normalized spacial score (nSPS) is 11.1. The summed E-state index contributed by atoms with van der Waals surface area (Å²) in [5.74, 6) is 0. The van der Waals surface area contributed by atoms with Gasteiger partial charge in [-0.15, -0.1) is 0 Å². The van der Waals surface area contributed by atoms with E-state index in [1.54, 1.807) is 0 Å². The second kappa shape index (κ2) is 4.31. The fourth-order valence-electron chi connectivity index (χ4n) is 0.893. The van der Waals surface area contributed by atoms with E-state index in [2.05, 4.69) is 17.5 Å². The topological polar surface area (TPSA) is 92.4 Å². The van der Waals surface area contributed by atoms with Crippen molar-refractivity contribution >= 4 is 44.7 Å². The highest BCUT2D eigenvalue weighted by Gasteiger charge is 2.12. The van der Waals surface area contributed by atoms with Crippen LogP contribution < -0.4 is 11.1 Å². The van der Waals surface area contributed by atoms with Crippen LogP contribution in [-0.4, -0.2) is 18.1 Å². The third-order valence-electron chi connectivity index (χ3n) is 1.49. The number of hydrogen-bond acceptors (Lipinski definition) is 3. The van der Waals surface area contributed by atoms with E-state index in [1.807, 2.05) is 0 Å². The molecule has 0 saturated carbocycles. The maximum Gasteiger partial charge on any atom is 0.294 e. The molecular formula is C7H7ClN2O3S2. The highest BCUT2D eigenvalue weighted by Crippen LogP contribution is 2.24. The standard InChI is InChI=1S/C7H7ClN2O3S2/c8-5-2-1-4(15(11,12)13)3-6(5)10-7(9)14/h1-3H,(H3,9,10,14)(H,11,12,13). The summed E-state index contributed by atoms with van der Waals surface area (Å²) in [6, 6.07) is 3.62. The second-order valence-corrected chi connectivity index (χ2v) is 4.87. The lowest BCUT2D eigenvalue weighted by Crippen LogP contribution is -2.19. The molecule has 0 amide bonds. The van der Waals surface area contributed by atoms with Crippen LogP contribution in [0.4, 0.5) is 5.69 Å². The van der Waals surface area contributed by atoms with Gasteiger partial charge in [0.05, 0.1) is 15.6 Å². The summed E-state index contributed by atoms with van der Waals surface area (Å²) >= 11 is 10.3. The Morgan fingerprint density at radius 3 is 2.60 bits per heavy atom. The molecule has 0 aromatic heterocycles. The van der Waals surface area contributed by atoms with Gasteiger partial charge >= 0.3 is 0 Å². The van der Waals surface area contributed by atoms with E-state index in [9.17, 15) is 8.42 Å². The molecule has 8 heteroatoms. The Kier molecular flexibility index (Phi) is 3.50. The number of thiocarbonyl (C=S) groups is 1. The van der Waals surface area contributed by atoms with E-state index >= 15 is 0 Å². The van der Waals surface area contributed by atoms with Gasteiger partial charge in [-0.1, -0.05) is 11.6 Å². The van der Waals surface area contributed by atoms with Crippen molar-refractivity contribution in [3.63, 3.8) is 0 Å². The van der Waals surface area contributed by atoms with Gasteiger partial charge in [0, 0.05) is 0 Å². The fraction of sp³-hybridized carbons (Fsp3) is 0. The van der Waals surface area contributed by atoms with E-state index in [-0.39, 0.29) is 20.7 Å². The lowest BCUT2D eigenvalue weighted by molar-refractivity contribution is 0.483.